The van der Waals surface area contributed by atoms with Crippen LogP contribution in [0.3, 0.4) is 0 Å². The number of carbonyl (C=O) groups is 3. The van der Waals surface area contributed by atoms with Gasteiger partial charge < -0.3 is 15.6 Å². The van der Waals surface area contributed by atoms with Crippen LogP contribution in [0.15, 0.2) is 30.3 Å². The second-order valence-corrected chi connectivity index (χ2v) is 7.10. The Morgan fingerprint density at radius 1 is 1.22 bits per heavy atom. The molecular formula is C21H25N3O3. The fourth-order valence-electron chi connectivity index (χ4n) is 3.71. The van der Waals surface area contributed by atoms with Crippen molar-refractivity contribution in [2.75, 3.05) is 0 Å². The van der Waals surface area contributed by atoms with Crippen molar-refractivity contribution < 1.29 is 14.4 Å². The Hall–Kier alpha value is -2.89. The van der Waals surface area contributed by atoms with Crippen molar-refractivity contribution in [2.24, 2.45) is 5.73 Å². The first-order valence-electron chi connectivity index (χ1n) is 9.25. The van der Waals surface area contributed by atoms with Crippen molar-refractivity contribution in [3.8, 4) is 0 Å². The second kappa shape index (κ2) is 7.78. The summed E-state index contributed by atoms with van der Waals surface area (Å²) in [5, 5.41) is 2.60. The molecule has 0 fully saturated rings. The number of rotatable bonds is 6. The third-order valence-corrected chi connectivity index (χ3v) is 5.18. The fourth-order valence-corrected chi connectivity index (χ4v) is 3.71. The van der Waals surface area contributed by atoms with Crippen molar-refractivity contribution in [1.29, 1.82) is 0 Å². The summed E-state index contributed by atoms with van der Waals surface area (Å²) in [6, 6.07) is 9.32. The molecule has 2 amide bonds. The lowest BCUT2D eigenvalue weighted by atomic mass is 9.92. The third-order valence-electron chi connectivity index (χ3n) is 5.18. The zero-order chi connectivity index (χ0) is 19.6. The number of carbonyl (C=O) groups excluding carboxylic acids is 3. The molecule has 0 aliphatic heterocycles. The average molecular weight is 367 g/mol. The molecule has 27 heavy (non-hydrogen) atoms. The maximum Gasteiger partial charge on any atom is 0.239 e. The zero-order valence-corrected chi connectivity index (χ0v) is 15.7. The fraction of sp³-hybridized carbons (Fsp3) is 0.381. The van der Waals surface area contributed by atoms with Gasteiger partial charge in [-0.15, -0.1) is 0 Å². The Kier molecular flexibility index (Phi) is 5.44. The van der Waals surface area contributed by atoms with E-state index in [1.165, 1.54) is 0 Å². The van der Waals surface area contributed by atoms with Gasteiger partial charge in [-0.25, -0.2) is 0 Å². The largest absolute Gasteiger partial charge is 0.368 e. The summed E-state index contributed by atoms with van der Waals surface area (Å²) in [7, 11) is 0. The van der Waals surface area contributed by atoms with Crippen molar-refractivity contribution in [2.45, 2.75) is 52.1 Å². The maximum absolute atomic E-state index is 12.6. The summed E-state index contributed by atoms with van der Waals surface area (Å²) in [6.45, 7) is 4.17. The molecule has 142 valence electrons. The van der Waals surface area contributed by atoms with Gasteiger partial charge in [0.05, 0.1) is 6.42 Å². The minimum absolute atomic E-state index is 0.0688. The SMILES string of the molecule is Cc1c(CC(=O)N[C@@H](C)C(N)=O)c2c(n1Cc1ccccc1)CCCC2=O. The molecular weight excluding hydrogens is 342 g/mol. The van der Waals surface area contributed by atoms with E-state index in [2.05, 4.69) is 22.0 Å². The highest BCUT2D eigenvalue weighted by Crippen LogP contribution is 2.31. The summed E-state index contributed by atoms with van der Waals surface area (Å²) in [5.41, 5.74) is 9.77. The van der Waals surface area contributed by atoms with E-state index in [0.29, 0.717) is 18.5 Å². The van der Waals surface area contributed by atoms with Crippen LogP contribution in [0.4, 0.5) is 0 Å². The lowest BCUT2D eigenvalue weighted by Gasteiger charge is -2.16. The number of amides is 2. The van der Waals surface area contributed by atoms with Crippen molar-refractivity contribution >= 4 is 17.6 Å². The molecule has 3 N–H and O–H groups in total. The van der Waals surface area contributed by atoms with Crippen LogP contribution in [0.5, 0.6) is 0 Å². The number of hydrogen-bond acceptors (Lipinski definition) is 3. The van der Waals surface area contributed by atoms with E-state index in [1.54, 1.807) is 6.92 Å². The van der Waals surface area contributed by atoms with E-state index >= 15 is 0 Å². The number of nitrogens with zero attached hydrogens (tertiary/aromatic N) is 1. The summed E-state index contributed by atoms with van der Waals surface area (Å²) in [4.78, 5) is 36.2. The highest BCUT2D eigenvalue weighted by molar-refractivity contribution is 6.01. The summed E-state index contributed by atoms with van der Waals surface area (Å²) < 4.78 is 2.15. The van der Waals surface area contributed by atoms with Crippen LogP contribution < -0.4 is 11.1 Å². The minimum Gasteiger partial charge on any atom is -0.368 e. The number of ketones is 1. The van der Waals surface area contributed by atoms with Crippen LogP contribution in [0, 0.1) is 6.92 Å². The molecule has 0 radical (unpaired) electrons. The normalized spacial score (nSPS) is 14.5. The Labute approximate surface area is 158 Å². The molecule has 1 aromatic carbocycles. The van der Waals surface area contributed by atoms with E-state index in [1.807, 2.05) is 25.1 Å². The summed E-state index contributed by atoms with van der Waals surface area (Å²) >= 11 is 0. The lowest BCUT2D eigenvalue weighted by molar-refractivity contribution is -0.126. The molecule has 0 saturated heterocycles. The van der Waals surface area contributed by atoms with Crippen LogP contribution >= 0.6 is 0 Å². The molecule has 1 aliphatic rings. The number of benzene rings is 1. The summed E-state index contributed by atoms with van der Waals surface area (Å²) in [6.07, 6.45) is 2.23. The minimum atomic E-state index is -0.740. The quantitative estimate of drug-likeness (QED) is 0.816. The molecule has 2 aromatic rings. The molecule has 0 bridgehead atoms. The monoisotopic (exact) mass is 367 g/mol. The maximum atomic E-state index is 12.6. The molecule has 0 saturated carbocycles. The second-order valence-electron chi connectivity index (χ2n) is 7.10. The van der Waals surface area contributed by atoms with Gasteiger partial charge in [0.1, 0.15) is 6.04 Å². The van der Waals surface area contributed by atoms with E-state index in [9.17, 15) is 14.4 Å². The van der Waals surface area contributed by atoms with Crippen LogP contribution in [-0.2, 0) is 29.0 Å². The lowest BCUT2D eigenvalue weighted by Crippen LogP contribution is -2.42. The van der Waals surface area contributed by atoms with E-state index < -0.39 is 11.9 Å². The smallest absolute Gasteiger partial charge is 0.239 e. The molecule has 0 spiro atoms. The molecule has 6 nitrogen and oxygen atoms in total. The van der Waals surface area contributed by atoms with Gasteiger partial charge >= 0.3 is 0 Å². The number of nitrogens with one attached hydrogen (secondary N) is 1. The van der Waals surface area contributed by atoms with Gasteiger partial charge in [-0.2, -0.15) is 0 Å². The first-order chi connectivity index (χ1) is 12.9. The third kappa shape index (κ3) is 3.94. The van der Waals surface area contributed by atoms with Crippen molar-refractivity contribution in [1.82, 2.24) is 9.88 Å². The van der Waals surface area contributed by atoms with E-state index in [4.69, 9.17) is 5.73 Å². The number of fused-ring (bicyclic) bond motifs is 1. The molecule has 3 rings (SSSR count). The van der Waals surface area contributed by atoms with Crippen LogP contribution in [0.1, 0.15) is 52.6 Å². The molecule has 1 heterocycles. The average Bonchev–Trinajstić information content (AvgIpc) is 2.89. The number of aromatic nitrogens is 1. The van der Waals surface area contributed by atoms with Crippen LogP contribution in [0.25, 0.3) is 0 Å². The highest BCUT2D eigenvalue weighted by Gasteiger charge is 2.29. The molecule has 6 heteroatoms. The Bertz CT molecular complexity index is 884. The zero-order valence-electron chi connectivity index (χ0n) is 15.7. The molecule has 1 aromatic heterocycles. The van der Waals surface area contributed by atoms with Gasteiger partial charge in [-0.05, 0) is 37.8 Å². The van der Waals surface area contributed by atoms with Gasteiger partial charge in [-0.1, -0.05) is 30.3 Å². The van der Waals surface area contributed by atoms with E-state index in [-0.39, 0.29) is 18.1 Å². The van der Waals surface area contributed by atoms with Gasteiger partial charge in [-0.3, -0.25) is 14.4 Å². The topological polar surface area (TPSA) is 94.2 Å². The Morgan fingerprint density at radius 2 is 1.93 bits per heavy atom. The predicted octanol–water partition coefficient (Wildman–Crippen LogP) is 1.90. The molecule has 0 unspecified atom stereocenters. The Morgan fingerprint density at radius 3 is 2.59 bits per heavy atom. The van der Waals surface area contributed by atoms with E-state index in [0.717, 1.165) is 35.4 Å². The van der Waals surface area contributed by atoms with Gasteiger partial charge in [0.25, 0.3) is 0 Å². The first kappa shape index (κ1) is 18.9. The predicted molar refractivity (Wildman–Crippen MR) is 102 cm³/mol. The van der Waals surface area contributed by atoms with Gasteiger partial charge in [0.2, 0.25) is 11.8 Å². The highest BCUT2D eigenvalue weighted by atomic mass is 16.2. The summed E-state index contributed by atoms with van der Waals surface area (Å²) in [5.74, 6) is -0.792. The Balaban J connectivity index is 1.95. The number of hydrogen-bond donors (Lipinski definition) is 2. The van der Waals surface area contributed by atoms with Crippen molar-refractivity contribution in [3.63, 3.8) is 0 Å². The van der Waals surface area contributed by atoms with Gasteiger partial charge in [0, 0.05) is 29.9 Å². The van der Waals surface area contributed by atoms with Crippen molar-refractivity contribution in [3.05, 3.63) is 58.4 Å². The standard InChI is InChI=1S/C21H25N3O3/c1-13(21(22)27)23-19(26)11-16-14(2)24(12-15-7-4-3-5-8-15)17-9-6-10-18(25)20(16)17/h3-5,7-8,13H,6,9-12H2,1-2H3,(H2,22,27)(H,23,26)/t13-/m0/s1. The van der Waals surface area contributed by atoms with Gasteiger partial charge in [0.15, 0.2) is 5.78 Å². The molecule has 1 atom stereocenters. The first-order valence-corrected chi connectivity index (χ1v) is 9.25. The number of nitrogens with two attached hydrogens (primary N) is 1. The number of primary amides is 1. The molecule has 1 aliphatic carbocycles. The number of Topliss-reactive ketones (excluding diaryl/α,β-unsaturated/α-hetero) is 1. The van der Waals surface area contributed by atoms with Crippen LogP contribution in [-0.4, -0.2) is 28.2 Å². The van der Waals surface area contributed by atoms with Crippen LogP contribution in [0.2, 0.25) is 0 Å².